The van der Waals surface area contributed by atoms with Gasteiger partial charge in [-0.25, -0.2) is 4.79 Å². The van der Waals surface area contributed by atoms with Crippen molar-refractivity contribution in [2.24, 2.45) is 0 Å². The van der Waals surface area contributed by atoms with Gasteiger partial charge in [0, 0.05) is 36.9 Å². The van der Waals surface area contributed by atoms with E-state index in [-0.39, 0.29) is 18.5 Å². The zero-order valence-corrected chi connectivity index (χ0v) is 15.8. The van der Waals surface area contributed by atoms with Crippen LogP contribution in [0.2, 0.25) is 0 Å². The van der Waals surface area contributed by atoms with Gasteiger partial charge in [0.05, 0.1) is 6.61 Å². The molecule has 1 aromatic rings. The molecule has 3 rings (SSSR count). The van der Waals surface area contributed by atoms with E-state index in [0.717, 1.165) is 57.4 Å². The van der Waals surface area contributed by atoms with E-state index in [1.165, 1.54) is 0 Å². The molecular formula is C20H30N4O3. The molecule has 3 N–H and O–H groups in total. The monoisotopic (exact) mass is 374 g/mol. The fraction of sp³-hybridized carbons (Fsp3) is 0.600. The van der Waals surface area contributed by atoms with E-state index < -0.39 is 0 Å². The normalized spacial score (nSPS) is 20.3. The summed E-state index contributed by atoms with van der Waals surface area (Å²) in [6.07, 6.45) is 5.63. The molecular weight excluding hydrogens is 344 g/mol. The van der Waals surface area contributed by atoms with Crippen LogP contribution < -0.4 is 15.5 Å². The molecule has 0 saturated carbocycles. The largest absolute Gasteiger partial charge is 0.395 e. The number of likely N-dealkylation sites (tertiary alicyclic amines) is 1. The van der Waals surface area contributed by atoms with Crippen LogP contribution in [0.3, 0.4) is 0 Å². The first-order chi connectivity index (χ1) is 13.2. The van der Waals surface area contributed by atoms with Crippen LogP contribution >= 0.6 is 0 Å². The van der Waals surface area contributed by atoms with Crippen molar-refractivity contribution in [3.63, 3.8) is 0 Å². The first-order valence-electron chi connectivity index (χ1n) is 9.97. The van der Waals surface area contributed by atoms with E-state index in [9.17, 15) is 14.7 Å². The summed E-state index contributed by atoms with van der Waals surface area (Å²) < 4.78 is 0. The number of anilines is 2. The molecule has 0 spiro atoms. The second-order valence-corrected chi connectivity index (χ2v) is 7.30. The Labute approximate surface area is 160 Å². The van der Waals surface area contributed by atoms with Crippen molar-refractivity contribution in [2.45, 2.75) is 44.6 Å². The van der Waals surface area contributed by atoms with E-state index in [0.29, 0.717) is 24.7 Å². The van der Waals surface area contributed by atoms with E-state index in [1.807, 2.05) is 24.3 Å². The Morgan fingerprint density at radius 1 is 1.22 bits per heavy atom. The number of amides is 3. The number of nitrogens with one attached hydrogen (secondary N) is 2. The molecule has 1 aromatic carbocycles. The van der Waals surface area contributed by atoms with Crippen molar-refractivity contribution in [3.05, 3.63) is 24.3 Å². The van der Waals surface area contributed by atoms with Gasteiger partial charge in [0.2, 0.25) is 5.91 Å². The topological polar surface area (TPSA) is 84.9 Å². The number of urea groups is 1. The molecule has 7 heteroatoms. The van der Waals surface area contributed by atoms with E-state index in [2.05, 4.69) is 15.5 Å². The highest BCUT2D eigenvalue weighted by Gasteiger charge is 2.23. The quantitative estimate of drug-likeness (QED) is 0.609. The average molecular weight is 374 g/mol. The van der Waals surface area contributed by atoms with Crippen LogP contribution in [0.1, 0.15) is 38.5 Å². The first kappa shape index (κ1) is 19.6. The SMILES string of the molecule is O=C(NCCCCN1CCCC1CO)Nc1cccc(N2CCCC2=O)c1. The highest BCUT2D eigenvalue weighted by Crippen LogP contribution is 2.24. The highest BCUT2D eigenvalue weighted by atomic mass is 16.3. The van der Waals surface area contributed by atoms with Crippen LogP contribution in [-0.4, -0.2) is 60.8 Å². The van der Waals surface area contributed by atoms with E-state index >= 15 is 0 Å². The third kappa shape index (κ3) is 5.43. The summed E-state index contributed by atoms with van der Waals surface area (Å²) in [7, 11) is 0. The van der Waals surface area contributed by atoms with Crippen molar-refractivity contribution in [1.29, 1.82) is 0 Å². The summed E-state index contributed by atoms with van der Waals surface area (Å²) in [4.78, 5) is 28.0. The molecule has 2 heterocycles. The molecule has 27 heavy (non-hydrogen) atoms. The van der Waals surface area contributed by atoms with Crippen LogP contribution in [-0.2, 0) is 4.79 Å². The fourth-order valence-corrected chi connectivity index (χ4v) is 3.89. The third-order valence-electron chi connectivity index (χ3n) is 5.36. The van der Waals surface area contributed by atoms with Gasteiger partial charge in [-0.05, 0) is 63.4 Å². The predicted molar refractivity (Wildman–Crippen MR) is 106 cm³/mol. The first-order valence-corrected chi connectivity index (χ1v) is 9.97. The second-order valence-electron chi connectivity index (χ2n) is 7.30. The molecule has 0 radical (unpaired) electrons. The van der Waals surface area contributed by atoms with Crippen molar-refractivity contribution in [3.8, 4) is 0 Å². The average Bonchev–Trinajstić information content (AvgIpc) is 3.30. The molecule has 0 bridgehead atoms. The standard InChI is InChI=1S/C20H30N4O3/c25-15-18-8-4-12-23(18)11-2-1-10-21-20(27)22-16-6-3-7-17(14-16)24-13-5-9-19(24)26/h3,6-7,14,18,25H,1-2,4-5,8-13,15H2,(H2,21,22,27). The molecule has 2 fully saturated rings. The van der Waals surface area contributed by atoms with E-state index in [1.54, 1.807) is 4.90 Å². The maximum absolute atomic E-state index is 12.1. The van der Waals surface area contributed by atoms with Crippen LogP contribution in [0.5, 0.6) is 0 Å². The zero-order valence-electron chi connectivity index (χ0n) is 15.8. The number of hydrogen-bond acceptors (Lipinski definition) is 4. The van der Waals surface area contributed by atoms with Gasteiger partial charge in [-0.2, -0.15) is 0 Å². The number of benzene rings is 1. The fourth-order valence-electron chi connectivity index (χ4n) is 3.89. The molecule has 2 aliphatic heterocycles. The predicted octanol–water partition coefficient (Wildman–Crippen LogP) is 2.17. The lowest BCUT2D eigenvalue weighted by Gasteiger charge is -2.22. The van der Waals surface area contributed by atoms with Crippen LogP contribution in [0.15, 0.2) is 24.3 Å². The molecule has 1 unspecified atom stereocenters. The molecule has 1 atom stereocenters. The summed E-state index contributed by atoms with van der Waals surface area (Å²) in [5.41, 5.74) is 1.52. The minimum Gasteiger partial charge on any atom is -0.395 e. The lowest BCUT2D eigenvalue weighted by molar-refractivity contribution is -0.117. The van der Waals surface area contributed by atoms with Crippen LogP contribution in [0.25, 0.3) is 0 Å². The molecule has 7 nitrogen and oxygen atoms in total. The maximum atomic E-state index is 12.1. The van der Waals surface area contributed by atoms with Gasteiger partial charge < -0.3 is 20.6 Å². The Hall–Kier alpha value is -2.12. The Kier molecular flexibility index (Phi) is 7.06. The number of aliphatic hydroxyl groups is 1. The minimum absolute atomic E-state index is 0.137. The number of carbonyl (C=O) groups excluding carboxylic acids is 2. The lowest BCUT2D eigenvalue weighted by atomic mass is 10.2. The Morgan fingerprint density at radius 2 is 2.11 bits per heavy atom. The summed E-state index contributed by atoms with van der Waals surface area (Å²) in [5.74, 6) is 0.137. The molecule has 2 aliphatic rings. The summed E-state index contributed by atoms with van der Waals surface area (Å²) in [6.45, 7) is 3.63. The second kappa shape index (κ2) is 9.71. The number of aliphatic hydroxyl groups excluding tert-OH is 1. The molecule has 3 amide bonds. The van der Waals surface area contributed by atoms with Crippen LogP contribution in [0.4, 0.5) is 16.2 Å². The Balaban J connectivity index is 1.36. The van der Waals surface area contributed by atoms with Gasteiger partial charge in [-0.1, -0.05) is 6.07 Å². The van der Waals surface area contributed by atoms with Gasteiger partial charge in [-0.3, -0.25) is 9.69 Å². The van der Waals surface area contributed by atoms with Crippen molar-refractivity contribution < 1.29 is 14.7 Å². The van der Waals surface area contributed by atoms with Gasteiger partial charge in [0.15, 0.2) is 0 Å². The smallest absolute Gasteiger partial charge is 0.319 e. The lowest BCUT2D eigenvalue weighted by Crippen LogP contribution is -2.34. The molecule has 148 valence electrons. The van der Waals surface area contributed by atoms with Gasteiger partial charge in [0.1, 0.15) is 0 Å². The van der Waals surface area contributed by atoms with Gasteiger partial charge >= 0.3 is 6.03 Å². The van der Waals surface area contributed by atoms with Crippen LogP contribution in [0, 0.1) is 0 Å². The van der Waals surface area contributed by atoms with Gasteiger partial charge in [-0.15, -0.1) is 0 Å². The summed E-state index contributed by atoms with van der Waals surface area (Å²) in [5, 5.41) is 15.0. The number of hydrogen-bond donors (Lipinski definition) is 3. The van der Waals surface area contributed by atoms with Crippen molar-refractivity contribution in [1.82, 2.24) is 10.2 Å². The zero-order chi connectivity index (χ0) is 19.1. The summed E-state index contributed by atoms with van der Waals surface area (Å²) in [6, 6.07) is 7.50. The van der Waals surface area contributed by atoms with Crippen molar-refractivity contribution in [2.75, 3.05) is 43.0 Å². The number of rotatable bonds is 8. The number of unbranched alkanes of at least 4 members (excludes halogenated alkanes) is 1. The highest BCUT2D eigenvalue weighted by molar-refractivity contribution is 5.96. The molecule has 2 saturated heterocycles. The van der Waals surface area contributed by atoms with Crippen molar-refractivity contribution >= 4 is 23.3 Å². The third-order valence-corrected chi connectivity index (χ3v) is 5.36. The maximum Gasteiger partial charge on any atom is 0.319 e. The minimum atomic E-state index is -0.227. The molecule has 0 aromatic heterocycles. The summed E-state index contributed by atoms with van der Waals surface area (Å²) >= 11 is 0. The Morgan fingerprint density at radius 3 is 2.89 bits per heavy atom. The van der Waals surface area contributed by atoms with E-state index in [4.69, 9.17) is 0 Å². The Bertz CT molecular complexity index is 652. The number of carbonyl (C=O) groups is 2. The number of nitrogens with zero attached hydrogens (tertiary/aromatic N) is 2. The molecule has 0 aliphatic carbocycles. The van der Waals surface area contributed by atoms with Gasteiger partial charge in [0.25, 0.3) is 0 Å².